The second-order valence-corrected chi connectivity index (χ2v) is 4.11. The first-order valence-electron chi connectivity index (χ1n) is 5.29. The number of benzene rings is 1. The number of para-hydroxylation sites is 1. The van der Waals surface area contributed by atoms with Crippen LogP contribution in [-0.4, -0.2) is 40.1 Å². The van der Waals surface area contributed by atoms with E-state index < -0.39 is 0 Å². The molecule has 3 rings (SSSR count). The summed E-state index contributed by atoms with van der Waals surface area (Å²) in [6, 6.07) is 7.71. The average molecular weight is 216 g/mol. The number of hydrogen-bond donors (Lipinski definition) is 2. The molecule has 0 spiro atoms. The molecular formula is C12H12N2O2. The van der Waals surface area contributed by atoms with Crippen LogP contribution in [-0.2, 0) is 0 Å². The molecule has 2 heterocycles. The van der Waals surface area contributed by atoms with E-state index in [-0.39, 0.29) is 12.0 Å². The number of aromatic amines is 1. The smallest absolute Gasteiger partial charge is 0.256 e. The lowest BCUT2D eigenvalue weighted by Crippen LogP contribution is -2.53. The van der Waals surface area contributed by atoms with E-state index in [4.69, 9.17) is 0 Å². The number of aromatic nitrogens is 1. The fourth-order valence-corrected chi connectivity index (χ4v) is 2.04. The highest BCUT2D eigenvalue weighted by Gasteiger charge is 2.30. The Hall–Kier alpha value is -1.81. The van der Waals surface area contributed by atoms with Gasteiger partial charge in [0.15, 0.2) is 0 Å². The molecule has 1 aromatic carbocycles. The number of carbonyl (C=O) groups excluding carboxylic acids is 1. The van der Waals surface area contributed by atoms with E-state index in [0.29, 0.717) is 18.7 Å². The van der Waals surface area contributed by atoms with Crippen LogP contribution in [0.3, 0.4) is 0 Å². The number of aliphatic hydroxyl groups excluding tert-OH is 1. The molecule has 2 N–H and O–H groups in total. The predicted octanol–water partition coefficient (Wildman–Crippen LogP) is 0.985. The third-order valence-electron chi connectivity index (χ3n) is 2.97. The molecule has 1 saturated heterocycles. The normalized spacial score (nSPS) is 16.4. The van der Waals surface area contributed by atoms with E-state index in [1.807, 2.05) is 24.3 Å². The molecule has 0 unspecified atom stereocenters. The Kier molecular flexibility index (Phi) is 1.97. The maximum atomic E-state index is 12.0. The van der Waals surface area contributed by atoms with Crippen LogP contribution < -0.4 is 0 Å². The van der Waals surface area contributed by atoms with Gasteiger partial charge in [0.2, 0.25) is 0 Å². The topological polar surface area (TPSA) is 56.3 Å². The highest BCUT2D eigenvalue weighted by Crippen LogP contribution is 2.21. The Morgan fingerprint density at radius 1 is 1.38 bits per heavy atom. The van der Waals surface area contributed by atoms with Crippen LogP contribution in [0.4, 0.5) is 0 Å². The molecule has 0 radical (unpaired) electrons. The molecule has 1 aromatic heterocycles. The number of hydrogen-bond acceptors (Lipinski definition) is 2. The predicted molar refractivity (Wildman–Crippen MR) is 60.2 cm³/mol. The number of rotatable bonds is 1. The minimum atomic E-state index is -0.353. The first-order chi connectivity index (χ1) is 7.75. The van der Waals surface area contributed by atoms with Crippen molar-refractivity contribution >= 4 is 16.8 Å². The number of nitrogens with zero attached hydrogens (tertiary/aromatic N) is 1. The summed E-state index contributed by atoms with van der Waals surface area (Å²) < 4.78 is 0. The molecule has 0 aliphatic carbocycles. The number of likely N-dealkylation sites (tertiary alicyclic amines) is 1. The zero-order valence-corrected chi connectivity index (χ0v) is 8.68. The van der Waals surface area contributed by atoms with Crippen LogP contribution in [0, 0.1) is 0 Å². The SMILES string of the molecule is O=C(c1c[nH]c2ccccc12)N1CC(O)C1. The van der Waals surface area contributed by atoms with E-state index >= 15 is 0 Å². The lowest BCUT2D eigenvalue weighted by molar-refractivity contribution is 0.00603. The summed E-state index contributed by atoms with van der Waals surface area (Å²) in [5.74, 6) is -0.0113. The molecule has 0 bridgehead atoms. The molecule has 82 valence electrons. The van der Waals surface area contributed by atoms with E-state index in [1.165, 1.54) is 0 Å². The van der Waals surface area contributed by atoms with Gasteiger partial charge < -0.3 is 15.0 Å². The molecule has 0 saturated carbocycles. The largest absolute Gasteiger partial charge is 0.389 e. The summed E-state index contributed by atoms with van der Waals surface area (Å²) in [5.41, 5.74) is 1.65. The van der Waals surface area contributed by atoms with Crippen molar-refractivity contribution in [3.8, 4) is 0 Å². The van der Waals surface area contributed by atoms with Gasteiger partial charge >= 0.3 is 0 Å². The van der Waals surface area contributed by atoms with Crippen LogP contribution >= 0.6 is 0 Å². The summed E-state index contributed by atoms with van der Waals surface area (Å²) in [5, 5.41) is 10.1. The zero-order chi connectivity index (χ0) is 11.1. The monoisotopic (exact) mass is 216 g/mol. The van der Waals surface area contributed by atoms with Crippen LogP contribution in [0.2, 0.25) is 0 Å². The third kappa shape index (κ3) is 1.31. The van der Waals surface area contributed by atoms with Crippen molar-refractivity contribution in [2.24, 2.45) is 0 Å². The van der Waals surface area contributed by atoms with Gasteiger partial charge in [-0.15, -0.1) is 0 Å². The lowest BCUT2D eigenvalue weighted by Gasteiger charge is -2.35. The maximum absolute atomic E-state index is 12.0. The Morgan fingerprint density at radius 2 is 2.12 bits per heavy atom. The van der Waals surface area contributed by atoms with Gasteiger partial charge in [-0.2, -0.15) is 0 Å². The highest BCUT2D eigenvalue weighted by atomic mass is 16.3. The molecule has 1 fully saturated rings. The van der Waals surface area contributed by atoms with Crippen molar-refractivity contribution in [3.05, 3.63) is 36.0 Å². The number of H-pyrrole nitrogens is 1. The maximum Gasteiger partial charge on any atom is 0.256 e. The summed E-state index contributed by atoms with van der Waals surface area (Å²) in [6.45, 7) is 0.886. The standard InChI is InChI=1S/C12H12N2O2/c15-8-6-14(7-8)12(16)10-5-13-11-4-2-1-3-9(10)11/h1-5,8,13,15H,6-7H2. The molecule has 1 aliphatic heterocycles. The number of amides is 1. The fourth-order valence-electron chi connectivity index (χ4n) is 2.04. The number of β-amino-alcohol motifs (C(OH)–C–C–N with tert-alkyl or cyclic N) is 1. The Labute approximate surface area is 92.5 Å². The van der Waals surface area contributed by atoms with Crippen molar-refractivity contribution in [3.63, 3.8) is 0 Å². The summed E-state index contributed by atoms with van der Waals surface area (Å²) >= 11 is 0. The van der Waals surface area contributed by atoms with Gasteiger partial charge in [-0.05, 0) is 6.07 Å². The first kappa shape index (κ1) is 9.42. The van der Waals surface area contributed by atoms with Crippen molar-refractivity contribution in [2.75, 3.05) is 13.1 Å². The molecular weight excluding hydrogens is 204 g/mol. The van der Waals surface area contributed by atoms with E-state index in [9.17, 15) is 9.90 Å². The number of carbonyl (C=O) groups is 1. The molecule has 1 amide bonds. The Balaban J connectivity index is 1.97. The van der Waals surface area contributed by atoms with Crippen molar-refractivity contribution < 1.29 is 9.90 Å². The van der Waals surface area contributed by atoms with E-state index in [0.717, 1.165) is 10.9 Å². The number of aliphatic hydroxyl groups is 1. The number of nitrogens with one attached hydrogen (secondary N) is 1. The van der Waals surface area contributed by atoms with Gasteiger partial charge in [-0.25, -0.2) is 0 Å². The minimum absolute atomic E-state index is 0.0113. The van der Waals surface area contributed by atoms with E-state index in [1.54, 1.807) is 11.1 Å². The first-order valence-corrected chi connectivity index (χ1v) is 5.29. The fraction of sp³-hybridized carbons (Fsp3) is 0.250. The average Bonchev–Trinajstić information content (AvgIpc) is 2.67. The van der Waals surface area contributed by atoms with Gasteiger partial charge in [0.25, 0.3) is 5.91 Å². The van der Waals surface area contributed by atoms with E-state index in [2.05, 4.69) is 4.98 Å². The van der Waals surface area contributed by atoms with Gasteiger partial charge in [-0.1, -0.05) is 18.2 Å². The second-order valence-electron chi connectivity index (χ2n) is 4.11. The zero-order valence-electron chi connectivity index (χ0n) is 8.68. The van der Waals surface area contributed by atoms with Crippen LogP contribution in [0.5, 0.6) is 0 Å². The Bertz CT molecular complexity index is 541. The number of fused-ring (bicyclic) bond motifs is 1. The van der Waals surface area contributed by atoms with Crippen LogP contribution in [0.25, 0.3) is 10.9 Å². The highest BCUT2D eigenvalue weighted by molar-refractivity contribution is 6.06. The van der Waals surface area contributed by atoms with Gasteiger partial charge in [0.05, 0.1) is 11.7 Å². The summed E-state index contributed by atoms with van der Waals surface area (Å²) in [6.07, 6.45) is 1.38. The quantitative estimate of drug-likeness (QED) is 0.746. The second kappa shape index (κ2) is 3.35. The molecule has 1 aliphatic rings. The van der Waals surface area contributed by atoms with Crippen molar-refractivity contribution in [1.82, 2.24) is 9.88 Å². The van der Waals surface area contributed by atoms with Crippen molar-refractivity contribution in [2.45, 2.75) is 6.10 Å². The third-order valence-corrected chi connectivity index (χ3v) is 2.97. The van der Waals surface area contributed by atoms with Crippen molar-refractivity contribution in [1.29, 1.82) is 0 Å². The molecule has 2 aromatic rings. The molecule has 16 heavy (non-hydrogen) atoms. The lowest BCUT2D eigenvalue weighted by atomic mass is 10.1. The minimum Gasteiger partial charge on any atom is -0.389 e. The molecule has 4 nitrogen and oxygen atoms in total. The van der Waals surface area contributed by atoms with Crippen LogP contribution in [0.1, 0.15) is 10.4 Å². The van der Waals surface area contributed by atoms with Gasteiger partial charge in [-0.3, -0.25) is 4.79 Å². The summed E-state index contributed by atoms with van der Waals surface area (Å²) in [7, 11) is 0. The van der Waals surface area contributed by atoms with Gasteiger partial charge in [0, 0.05) is 30.2 Å². The molecule has 4 heteroatoms. The molecule has 0 atom stereocenters. The van der Waals surface area contributed by atoms with Crippen LogP contribution in [0.15, 0.2) is 30.5 Å². The Morgan fingerprint density at radius 3 is 2.88 bits per heavy atom. The van der Waals surface area contributed by atoms with Gasteiger partial charge in [0.1, 0.15) is 0 Å². The summed E-state index contributed by atoms with van der Waals surface area (Å²) in [4.78, 5) is 16.8.